The van der Waals surface area contributed by atoms with Gasteiger partial charge in [0.05, 0.1) is 10.7 Å². The number of halogens is 1. The van der Waals surface area contributed by atoms with Gasteiger partial charge >= 0.3 is 0 Å². The summed E-state index contributed by atoms with van der Waals surface area (Å²) in [6.07, 6.45) is 4.86. The highest BCUT2D eigenvalue weighted by molar-refractivity contribution is 6.33. The second-order valence-corrected chi connectivity index (χ2v) is 2.49. The third-order valence-corrected chi connectivity index (χ3v) is 1.58. The lowest BCUT2D eigenvalue weighted by molar-refractivity contribution is -0.111. The fraction of sp³-hybridized carbons (Fsp3) is 0. The summed E-state index contributed by atoms with van der Waals surface area (Å²) >= 11 is 5.74. The molecule has 0 unspecified atom stereocenters. The lowest BCUT2D eigenvalue weighted by Gasteiger charge is -2.01. The number of para-hydroxylation sites is 1. The van der Waals surface area contributed by atoms with Gasteiger partial charge in [0.2, 0.25) is 0 Å². The van der Waals surface area contributed by atoms with Crippen LogP contribution in [0.15, 0.2) is 24.3 Å². The van der Waals surface area contributed by atoms with Crippen molar-refractivity contribution >= 4 is 23.2 Å². The van der Waals surface area contributed by atoms with Crippen LogP contribution in [-0.2, 0) is 4.79 Å². The highest BCUT2D eigenvalue weighted by Crippen LogP contribution is 2.19. The number of benzene rings is 1. The number of amides is 1. The molecule has 0 heterocycles. The van der Waals surface area contributed by atoms with Crippen LogP contribution in [0.4, 0.5) is 5.69 Å². The molecular formula is C9H6ClNO. The van der Waals surface area contributed by atoms with Crippen LogP contribution >= 0.6 is 11.6 Å². The predicted molar refractivity (Wildman–Crippen MR) is 48.9 cm³/mol. The minimum absolute atomic E-state index is 0.473. The second kappa shape index (κ2) is 3.80. The van der Waals surface area contributed by atoms with E-state index in [0.29, 0.717) is 10.7 Å². The van der Waals surface area contributed by atoms with E-state index in [-0.39, 0.29) is 0 Å². The molecule has 2 nitrogen and oxygen atoms in total. The molecule has 3 heteroatoms. The first-order valence-electron chi connectivity index (χ1n) is 3.26. The summed E-state index contributed by atoms with van der Waals surface area (Å²) in [4.78, 5) is 10.7. The number of carbonyl (C=O) groups is 1. The maximum absolute atomic E-state index is 10.7. The summed E-state index contributed by atoms with van der Waals surface area (Å²) in [5, 5.41) is 2.93. The molecule has 0 saturated heterocycles. The van der Waals surface area contributed by atoms with E-state index in [1.54, 1.807) is 24.3 Å². The Morgan fingerprint density at radius 3 is 2.75 bits per heavy atom. The summed E-state index contributed by atoms with van der Waals surface area (Å²) in [5.41, 5.74) is 0.530. The molecule has 0 aliphatic heterocycles. The van der Waals surface area contributed by atoms with E-state index in [1.807, 2.05) is 5.92 Å². The van der Waals surface area contributed by atoms with E-state index < -0.39 is 5.91 Å². The lowest BCUT2D eigenvalue weighted by atomic mass is 10.3. The van der Waals surface area contributed by atoms with Crippen LogP contribution in [0, 0.1) is 12.3 Å². The van der Waals surface area contributed by atoms with Crippen molar-refractivity contribution in [2.24, 2.45) is 0 Å². The van der Waals surface area contributed by atoms with Crippen LogP contribution < -0.4 is 5.32 Å². The van der Waals surface area contributed by atoms with Gasteiger partial charge in [-0.15, -0.1) is 6.42 Å². The predicted octanol–water partition coefficient (Wildman–Crippen LogP) is 1.91. The lowest BCUT2D eigenvalue weighted by Crippen LogP contribution is -2.08. The zero-order valence-corrected chi connectivity index (χ0v) is 6.93. The van der Waals surface area contributed by atoms with E-state index in [1.165, 1.54) is 0 Å². The number of carbonyl (C=O) groups excluding carboxylic acids is 1. The normalized spacial score (nSPS) is 8.67. The number of anilines is 1. The molecule has 0 saturated carbocycles. The molecular weight excluding hydrogens is 174 g/mol. The largest absolute Gasteiger partial charge is 0.314 e. The summed E-state index contributed by atoms with van der Waals surface area (Å²) in [6.45, 7) is 0. The first-order chi connectivity index (χ1) is 5.74. The number of nitrogens with one attached hydrogen (secondary N) is 1. The molecule has 0 atom stereocenters. The Morgan fingerprint density at radius 1 is 1.50 bits per heavy atom. The van der Waals surface area contributed by atoms with Crippen molar-refractivity contribution in [3.63, 3.8) is 0 Å². The fourth-order valence-electron chi connectivity index (χ4n) is 0.721. The fourth-order valence-corrected chi connectivity index (χ4v) is 0.904. The first kappa shape index (κ1) is 8.63. The van der Waals surface area contributed by atoms with Gasteiger partial charge in [0, 0.05) is 0 Å². The molecule has 0 bridgehead atoms. The van der Waals surface area contributed by atoms with Gasteiger partial charge < -0.3 is 5.32 Å². The van der Waals surface area contributed by atoms with Gasteiger partial charge in [-0.1, -0.05) is 23.7 Å². The van der Waals surface area contributed by atoms with Crippen molar-refractivity contribution < 1.29 is 4.79 Å². The zero-order valence-electron chi connectivity index (χ0n) is 6.17. The standard InChI is InChI=1S/C9H6ClNO/c1-2-9(12)11-8-6-4-3-5-7(8)10/h1,3-6H,(H,11,12). The Labute approximate surface area is 75.5 Å². The number of hydrogen-bond donors (Lipinski definition) is 1. The first-order valence-corrected chi connectivity index (χ1v) is 3.64. The van der Waals surface area contributed by atoms with Crippen molar-refractivity contribution in [1.82, 2.24) is 0 Å². The molecule has 0 aromatic heterocycles. The average Bonchev–Trinajstić information content (AvgIpc) is 2.09. The quantitative estimate of drug-likeness (QED) is 0.656. The van der Waals surface area contributed by atoms with Gasteiger partial charge in [-0.2, -0.15) is 0 Å². The van der Waals surface area contributed by atoms with Crippen LogP contribution in [0.2, 0.25) is 5.02 Å². The highest BCUT2D eigenvalue weighted by Gasteiger charge is 2.00. The minimum atomic E-state index is -0.497. The van der Waals surface area contributed by atoms with E-state index >= 15 is 0 Å². The van der Waals surface area contributed by atoms with Crippen molar-refractivity contribution in [2.45, 2.75) is 0 Å². The molecule has 60 valence electrons. The summed E-state index contributed by atoms with van der Waals surface area (Å²) in [7, 11) is 0. The van der Waals surface area contributed by atoms with Crippen LogP contribution in [0.25, 0.3) is 0 Å². The van der Waals surface area contributed by atoms with E-state index in [9.17, 15) is 4.79 Å². The third-order valence-electron chi connectivity index (χ3n) is 1.25. The molecule has 0 radical (unpaired) electrons. The van der Waals surface area contributed by atoms with Crippen LogP contribution in [0.3, 0.4) is 0 Å². The molecule has 0 aliphatic carbocycles. The van der Waals surface area contributed by atoms with E-state index in [2.05, 4.69) is 5.32 Å². The van der Waals surface area contributed by atoms with Crippen LogP contribution in [0.1, 0.15) is 0 Å². The zero-order chi connectivity index (χ0) is 8.97. The van der Waals surface area contributed by atoms with E-state index in [0.717, 1.165) is 0 Å². The van der Waals surface area contributed by atoms with Gasteiger partial charge in [-0.25, -0.2) is 0 Å². The average molecular weight is 180 g/mol. The van der Waals surface area contributed by atoms with Crippen molar-refractivity contribution in [3.8, 4) is 12.3 Å². The molecule has 1 N–H and O–H groups in total. The molecule has 0 spiro atoms. The summed E-state index contributed by atoms with van der Waals surface area (Å²) in [6, 6.07) is 6.89. The van der Waals surface area contributed by atoms with Crippen molar-refractivity contribution in [1.29, 1.82) is 0 Å². The third kappa shape index (κ3) is 2.01. The Kier molecular flexibility index (Phi) is 2.73. The van der Waals surface area contributed by atoms with E-state index in [4.69, 9.17) is 18.0 Å². The maximum atomic E-state index is 10.7. The Balaban J connectivity index is 2.84. The Bertz CT molecular complexity index is 341. The minimum Gasteiger partial charge on any atom is -0.314 e. The second-order valence-electron chi connectivity index (χ2n) is 2.08. The van der Waals surface area contributed by atoms with Gasteiger partial charge in [-0.3, -0.25) is 4.79 Å². The molecule has 1 amide bonds. The molecule has 1 rings (SSSR count). The van der Waals surface area contributed by atoms with Crippen molar-refractivity contribution in [2.75, 3.05) is 5.32 Å². The smallest absolute Gasteiger partial charge is 0.300 e. The van der Waals surface area contributed by atoms with Gasteiger partial charge in [0.25, 0.3) is 5.91 Å². The SMILES string of the molecule is C#CC(=O)Nc1ccccc1Cl. The maximum Gasteiger partial charge on any atom is 0.300 e. The van der Waals surface area contributed by atoms with Gasteiger partial charge in [0.1, 0.15) is 0 Å². The number of terminal acetylenes is 1. The topological polar surface area (TPSA) is 29.1 Å². The Hall–Kier alpha value is -1.46. The molecule has 0 aliphatic rings. The Morgan fingerprint density at radius 2 is 2.17 bits per heavy atom. The van der Waals surface area contributed by atoms with Gasteiger partial charge in [-0.05, 0) is 18.1 Å². The van der Waals surface area contributed by atoms with Crippen LogP contribution in [0.5, 0.6) is 0 Å². The highest BCUT2D eigenvalue weighted by atomic mass is 35.5. The monoisotopic (exact) mass is 179 g/mol. The molecule has 1 aromatic carbocycles. The van der Waals surface area contributed by atoms with Crippen molar-refractivity contribution in [3.05, 3.63) is 29.3 Å². The number of rotatable bonds is 1. The summed E-state index contributed by atoms with van der Waals surface area (Å²) < 4.78 is 0. The van der Waals surface area contributed by atoms with Crippen LogP contribution in [-0.4, -0.2) is 5.91 Å². The molecule has 0 fully saturated rings. The molecule has 1 aromatic rings. The summed E-state index contributed by atoms with van der Waals surface area (Å²) in [5.74, 6) is 1.43. The van der Waals surface area contributed by atoms with Gasteiger partial charge in [0.15, 0.2) is 0 Å². The molecule has 12 heavy (non-hydrogen) atoms. The number of hydrogen-bond acceptors (Lipinski definition) is 1.